The number of esters is 1. The first-order valence-corrected chi connectivity index (χ1v) is 8.49. The highest BCUT2D eigenvalue weighted by Gasteiger charge is 2.39. The van der Waals surface area contributed by atoms with Gasteiger partial charge >= 0.3 is 14.1 Å². The fourth-order valence-electron chi connectivity index (χ4n) is 1.56. The molecule has 0 saturated heterocycles. The summed E-state index contributed by atoms with van der Waals surface area (Å²) >= 11 is 0. The lowest BCUT2D eigenvalue weighted by atomic mass is 10.3. The van der Waals surface area contributed by atoms with E-state index in [-0.39, 0.29) is 19.7 Å². The van der Waals surface area contributed by atoms with E-state index in [0.29, 0.717) is 5.75 Å². The summed E-state index contributed by atoms with van der Waals surface area (Å²) in [6, 6.07) is 8.11. The van der Waals surface area contributed by atoms with Gasteiger partial charge in [-0.15, -0.1) is 0 Å². The molecule has 9 heteroatoms. The predicted octanol–water partition coefficient (Wildman–Crippen LogP) is 2.03. The molecule has 0 aromatic heterocycles. The molecule has 1 rings (SSSR count). The van der Waals surface area contributed by atoms with Crippen molar-refractivity contribution < 1.29 is 28.5 Å². The van der Waals surface area contributed by atoms with E-state index in [1.807, 2.05) is 6.07 Å². The minimum atomic E-state index is -2.21. The third-order valence-electron chi connectivity index (χ3n) is 2.57. The molecule has 0 amide bonds. The lowest BCUT2D eigenvalue weighted by Crippen LogP contribution is -2.38. The van der Waals surface area contributed by atoms with Gasteiger partial charge in [-0.25, -0.2) is 4.52 Å². The van der Waals surface area contributed by atoms with Crippen molar-refractivity contribution in [2.24, 2.45) is 5.73 Å². The van der Waals surface area contributed by atoms with Gasteiger partial charge in [-0.1, -0.05) is 18.2 Å². The van der Waals surface area contributed by atoms with E-state index < -0.39 is 26.2 Å². The minimum absolute atomic E-state index is 0.267. The molecule has 0 spiro atoms. The van der Waals surface area contributed by atoms with Gasteiger partial charge in [-0.2, -0.15) is 0 Å². The van der Waals surface area contributed by atoms with Gasteiger partial charge in [0, 0.05) is 18.0 Å². The molecule has 134 valence electrons. The van der Waals surface area contributed by atoms with E-state index in [0.717, 1.165) is 6.92 Å². The molecule has 1 aromatic carbocycles. The summed E-state index contributed by atoms with van der Waals surface area (Å²) < 4.78 is 23.9. The average molecular weight is 359 g/mol. The quantitative estimate of drug-likeness (QED) is 0.534. The number of nitrogens with two attached hydrogens (primary N) is 1. The summed E-state index contributed by atoms with van der Waals surface area (Å²) in [7, 11) is -2.21. The highest BCUT2D eigenvalue weighted by molar-refractivity contribution is 7.36. The maximum absolute atomic E-state index is 12.2. The molecule has 24 heavy (non-hydrogen) atoms. The predicted molar refractivity (Wildman–Crippen MR) is 89.8 cm³/mol. The van der Waals surface area contributed by atoms with Crippen molar-refractivity contribution in [2.75, 3.05) is 19.7 Å². The topological polar surface area (TPSA) is 119 Å². The van der Waals surface area contributed by atoms with Crippen molar-refractivity contribution in [1.29, 1.82) is 0 Å². The Morgan fingerprint density at radius 3 is 2.33 bits per heavy atom. The van der Waals surface area contributed by atoms with Gasteiger partial charge < -0.3 is 15.6 Å². The zero-order valence-electron chi connectivity index (χ0n) is 14.0. The molecule has 0 aliphatic heterocycles. The Kier molecular flexibility index (Phi) is 11.4. The second kappa shape index (κ2) is 12.4. The number of carboxylic acid groups (broad SMARTS) is 1. The van der Waals surface area contributed by atoms with Crippen LogP contribution in [0.5, 0.6) is 5.75 Å². The van der Waals surface area contributed by atoms with Crippen LogP contribution in [0, 0.1) is 0 Å². The van der Waals surface area contributed by atoms with Crippen molar-refractivity contribution in [3.05, 3.63) is 30.3 Å². The van der Waals surface area contributed by atoms with Gasteiger partial charge in [-0.05, 0) is 30.7 Å². The molecule has 8 nitrogen and oxygen atoms in total. The molecule has 0 bridgehead atoms. The maximum Gasteiger partial charge on any atom is 0.667 e. The van der Waals surface area contributed by atoms with Gasteiger partial charge in [0.05, 0.1) is 13.2 Å². The smallest absolute Gasteiger partial charge is 0.481 e. The van der Waals surface area contributed by atoms with Crippen LogP contribution in [0.4, 0.5) is 0 Å². The molecule has 1 aromatic rings. The van der Waals surface area contributed by atoms with Gasteiger partial charge in [0.2, 0.25) is 0 Å². The van der Waals surface area contributed by atoms with Gasteiger partial charge in [0.1, 0.15) is 0 Å². The largest absolute Gasteiger partial charge is 0.667 e. The van der Waals surface area contributed by atoms with E-state index in [1.165, 1.54) is 4.67 Å². The third-order valence-corrected chi connectivity index (χ3v) is 3.90. The molecule has 2 atom stereocenters. The van der Waals surface area contributed by atoms with Crippen LogP contribution in [0.25, 0.3) is 0 Å². The van der Waals surface area contributed by atoms with Crippen LogP contribution >= 0.6 is 8.18 Å². The Hall–Kier alpha value is -2.02. The monoisotopic (exact) mass is 359 g/mol. The first kappa shape index (κ1) is 22.0. The summed E-state index contributed by atoms with van der Waals surface area (Å²) in [5.41, 5.74) is 5.49. The number of hydrogen-bond acceptors (Lipinski definition) is 6. The zero-order chi connectivity index (χ0) is 18.5. The minimum Gasteiger partial charge on any atom is -0.481 e. The van der Waals surface area contributed by atoms with Gasteiger partial charge in [0.15, 0.2) is 11.8 Å². The van der Waals surface area contributed by atoms with Crippen molar-refractivity contribution in [1.82, 2.24) is 4.67 Å². The number of ether oxygens (including phenoxy) is 1. The number of aliphatic carboxylic acids is 1. The van der Waals surface area contributed by atoms with Crippen LogP contribution in [-0.4, -0.2) is 47.5 Å². The number of rotatable bonds is 8. The standard InChI is InChI=1S/C13H20N2O4P.C2H4O2/c1-3-18-13(16)11(2)15(10-9-14)20(17)19-12-7-5-4-6-8-12;1-2(3)4/h4-8,11H,3,9-10,14H2,1-2H3;1H3,(H,3,4)/q+1;/t11-;/m0./s1. The number of carbonyl (C=O) groups excluding carboxylic acids is 1. The maximum atomic E-state index is 12.2. The van der Waals surface area contributed by atoms with E-state index >= 15 is 0 Å². The number of para-hydroxylation sites is 1. The molecular weight excluding hydrogens is 335 g/mol. The molecule has 0 saturated carbocycles. The molecule has 1 unspecified atom stereocenters. The summed E-state index contributed by atoms with van der Waals surface area (Å²) in [4.78, 5) is 20.7. The van der Waals surface area contributed by atoms with Crippen molar-refractivity contribution in [2.45, 2.75) is 26.8 Å². The number of benzene rings is 1. The average Bonchev–Trinajstić information content (AvgIpc) is 2.52. The van der Waals surface area contributed by atoms with Crippen molar-refractivity contribution >= 4 is 20.1 Å². The van der Waals surface area contributed by atoms with Crippen LogP contribution in [-0.2, 0) is 18.9 Å². The Bertz CT molecular complexity index is 522. The number of carbonyl (C=O) groups is 2. The molecule has 0 fully saturated rings. The fraction of sp³-hybridized carbons (Fsp3) is 0.467. The van der Waals surface area contributed by atoms with Gasteiger partial charge in [0.25, 0.3) is 5.97 Å². The van der Waals surface area contributed by atoms with E-state index in [4.69, 9.17) is 24.9 Å². The first-order valence-electron chi connectivity index (χ1n) is 7.36. The Morgan fingerprint density at radius 1 is 1.33 bits per heavy atom. The third kappa shape index (κ3) is 9.19. The summed E-state index contributed by atoms with van der Waals surface area (Å²) in [5, 5.41) is 7.42. The van der Waals surface area contributed by atoms with Crippen LogP contribution in [0.1, 0.15) is 20.8 Å². The lowest BCUT2D eigenvalue weighted by molar-refractivity contribution is -0.147. The normalized spacial score (nSPS) is 11.8. The Morgan fingerprint density at radius 2 is 1.88 bits per heavy atom. The summed E-state index contributed by atoms with van der Waals surface area (Å²) in [6.45, 7) is 5.24. The molecule has 0 heterocycles. The number of carboxylic acids is 1. The first-order chi connectivity index (χ1) is 11.3. The molecule has 3 N–H and O–H groups in total. The number of nitrogens with zero attached hydrogens (tertiary/aromatic N) is 1. The second-order valence-electron chi connectivity index (χ2n) is 4.54. The SMILES string of the molecule is CC(=O)O.CCOC(=O)[C@H](C)N(CCN)[P+](=O)Oc1ccccc1. The van der Waals surface area contributed by atoms with E-state index in [2.05, 4.69) is 0 Å². The van der Waals surface area contributed by atoms with Crippen LogP contribution in [0.15, 0.2) is 30.3 Å². The molecule has 0 aliphatic carbocycles. The fourth-order valence-corrected chi connectivity index (χ4v) is 2.62. The molecule has 0 radical (unpaired) electrons. The van der Waals surface area contributed by atoms with Crippen molar-refractivity contribution in [3.63, 3.8) is 0 Å². The zero-order valence-corrected chi connectivity index (χ0v) is 14.9. The van der Waals surface area contributed by atoms with E-state index in [9.17, 15) is 9.36 Å². The Balaban J connectivity index is 0.00000118. The van der Waals surface area contributed by atoms with Crippen LogP contribution in [0.2, 0.25) is 0 Å². The number of hydrogen-bond donors (Lipinski definition) is 2. The van der Waals surface area contributed by atoms with E-state index in [1.54, 1.807) is 38.1 Å². The Labute approximate surface area is 142 Å². The van der Waals surface area contributed by atoms with Crippen LogP contribution in [0.3, 0.4) is 0 Å². The second-order valence-corrected chi connectivity index (χ2v) is 5.71. The van der Waals surface area contributed by atoms with Crippen molar-refractivity contribution in [3.8, 4) is 5.75 Å². The molecule has 0 aliphatic rings. The van der Waals surface area contributed by atoms with Gasteiger partial charge in [-0.3, -0.25) is 9.59 Å². The summed E-state index contributed by atoms with van der Waals surface area (Å²) in [6.07, 6.45) is 0. The highest BCUT2D eigenvalue weighted by atomic mass is 31.1. The van der Waals surface area contributed by atoms with Crippen LogP contribution < -0.4 is 10.3 Å². The highest BCUT2D eigenvalue weighted by Crippen LogP contribution is 2.32. The summed E-state index contributed by atoms with van der Waals surface area (Å²) in [5.74, 6) is -0.798. The lowest BCUT2D eigenvalue weighted by Gasteiger charge is -2.15. The molecular formula is C15H24N2O6P+.